The zero-order valence-electron chi connectivity index (χ0n) is 9.17. The molecule has 0 fully saturated rings. The van der Waals surface area contributed by atoms with Crippen molar-refractivity contribution in [1.82, 2.24) is 0 Å². The fraction of sp³-hybridized carbons (Fsp3) is 0.875. The number of hydrogen-bond donors (Lipinski definition) is 7. The van der Waals surface area contributed by atoms with E-state index in [2.05, 4.69) is 0 Å². The zero-order valence-corrected chi connectivity index (χ0v) is 9.17. The number of hydrogen-bond acceptors (Lipinski definition) is 7. The first-order chi connectivity index (χ1) is 7.27. The fourth-order valence-corrected chi connectivity index (χ4v) is 0.472. The number of aliphatic hydroxyl groups is 6. The summed E-state index contributed by atoms with van der Waals surface area (Å²) < 4.78 is 0. The predicted molar refractivity (Wildman–Crippen MR) is 69.7 cm³/mol. The van der Waals surface area contributed by atoms with Gasteiger partial charge >= 0.3 is 73.3 Å². The van der Waals surface area contributed by atoms with Crippen LogP contribution in [0, 0.1) is 0 Å². The van der Waals surface area contributed by atoms with Gasteiger partial charge in [-0.3, -0.25) is 4.70 Å². The fourth-order valence-electron chi connectivity index (χ4n) is 0.472. The first kappa shape index (κ1) is 32.4. The third-order valence-corrected chi connectivity index (χ3v) is 1.52. The van der Waals surface area contributed by atoms with Crippen LogP contribution in [-0.2, 0) is 4.79 Å². The molecular weight excluding hydrogens is 306 g/mol. The minimum absolute atomic E-state index is 0. The molecule has 0 aliphatic carbocycles. The topological polar surface area (TPSA) is 159 Å². The van der Waals surface area contributed by atoms with Crippen molar-refractivity contribution in [2.75, 3.05) is 13.2 Å². The summed E-state index contributed by atoms with van der Waals surface area (Å²) in [6.45, 7) is -0.0845. The Labute approximate surface area is 161 Å². The van der Waals surface area contributed by atoms with Gasteiger partial charge in [0.15, 0.2) is 0 Å². The van der Waals surface area contributed by atoms with E-state index in [1.165, 1.54) is 6.92 Å². The number of carbonyl (C=O) groups is 1. The van der Waals surface area contributed by atoms with Crippen molar-refractivity contribution in [3.05, 3.63) is 0 Å². The number of carboxylic acid groups (broad SMARTS) is 1. The predicted octanol–water partition coefficient (Wildman–Crippen LogP) is -4.91. The average molecular weight is 328 g/mol. The van der Waals surface area contributed by atoms with E-state index in [4.69, 9.17) is 35.7 Å². The van der Waals surface area contributed by atoms with Crippen molar-refractivity contribution in [2.24, 2.45) is 0 Å². The maximum atomic E-state index is 9.45. The molecule has 112 valence electrons. The molecule has 0 saturated heterocycles. The van der Waals surface area contributed by atoms with Crippen LogP contribution in [0.25, 0.3) is 0 Å². The maximum absolute atomic E-state index is 9.45. The summed E-state index contributed by atoms with van der Waals surface area (Å²) in [6.07, 6.45) is -5.52. The molecular formula is C8H22CaFNaO8. The normalized spacial score (nSPS) is 14.9. The SMILES string of the molecule is CC(O)C(=O)O.F.OCC(O)C(O)C(O)CO.[CaH2].[NaH]. The van der Waals surface area contributed by atoms with E-state index >= 15 is 0 Å². The molecule has 0 saturated carbocycles. The van der Waals surface area contributed by atoms with Crippen LogP contribution in [0.4, 0.5) is 4.70 Å². The molecule has 0 radical (unpaired) electrons. The summed E-state index contributed by atoms with van der Waals surface area (Å²) in [5.74, 6) is -1.19. The quantitative estimate of drug-likeness (QED) is 0.247. The van der Waals surface area contributed by atoms with Crippen molar-refractivity contribution >= 4 is 73.3 Å². The average Bonchev–Trinajstić information content (AvgIpc) is 2.26. The Bertz CT molecular complexity index is 190. The molecule has 0 aromatic rings. The van der Waals surface area contributed by atoms with Gasteiger partial charge in [0, 0.05) is 0 Å². The second-order valence-electron chi connectivity index (χ2n) is 3.00. The summed E-state index contributed by atoms with van der Waals surface area (Å²) in [5.41, 5.74) is 0. The first-order valence-corrected chi connectivity index (χ1v) is 4.44. The molecule has 7 N–H and O–H groups in total. The Morgan fingerprint density at radius 2 is 1.21 bits per heavy atom. The van der Waals surface area contributed by atoms with Gasteiger partial charge in [-0.1, -0.05) is 0 Å². The van der Waals surface area contributed by atoms with Crippen molar-refractivity contribution < 1.29 is 45.2 Å². The van der Waals surface area contributed by atoms with Crippen LogP contribution in [0.5, 0.6) is 0 Å². The molecule has 0 amide bonds. The molecule has 0 aliphatic rings. The summed E-state index contributed by atoms with van der Waals surface area (Å²) >= 11 is 0. The molecule has 3 atom stereocenters. The van der Waals surface area contributed by atoms with Gasteiger partial charge in [0.2, 0.25) is 0 Å². The Kier molecular flexibility index (Phi) is 33.1. The van der Waals surface area contributed by atoms with Crippen molar-refractivity contribution in [3.8, 4) is 0 Å². The Balaban J connectivity index is -0.0000000646. The molecule has 3 unspecified atom stereocenters. The summed E-state index contributed by atoms with van der Waals surface area (Å²) in [7, 11) is 0. The second-order valence-corrected chi connectivity index (χ2v) is 3.00. The van der Waals surface area contributed by atoms with Gasteiger partial charge in [-0.05, 0) is 6.92 Å². The Morgan fingerprint density at radius 3 is 1.32 bits per heavy atom. The van der Waals surface area contributed by atoms with Gasteiger partial charge in [-0.25, -0.2) is 4.79 Å². The Hall–Kier alpha value is 1.42. The standard InChI is InChI=1S/C5H12O5.C3H6O3.Ca.FH.Na.3H/c6-1-3(8)5(10)4(9)2-7;1-2(4)3(5)6;;;;;;/h3-10H,1-2H2;2,4H,1H3,(H,5,6);;1H;;;;. The van der Waals surface area contributed by atoms with E-state index in [1.54, 1.807) is 0 Å². The summed E-state index contributed by atoms with van der Waals surface area (Å²) in [4.78, 5) is 9.45. The summed E-state index contributed by atoms with van der Waals surface area (Å²) in [6, 6.07) is 0. The van der Waals surface area contributed by atoms with E-state index in [0.717, 1.165) is 0 Å². The van der Waals surface area contributed by atoms with Gasteiger partial charge in [0.1, 0.15) is 24.4 Å². The zero-order chi connectivity index (χ0) is 13.3. The molecule has 0 bridgehead atoms. The third kappa shape index (κ3) is 19.4. The van der Waals surface area contributed by atoms with E-state index in [-0.39, 0.29) is 72.0 Å². The van der Waals surface area contributed by atoms with E-state index < -0.39 is 43.6 Å². The number of aliphatic hydroxyl groups excluding tert-OH is 6. The molecule has 0 spiro atoms. The number of aliphatic carboxylic acids is 1. The number of carboxylic acids is 1. The van der Waals surface area contributed by atoms with Gasteiger partial charge < -0.3 is 35.7 Å². The number of halogens is 1. The van der Waals surface area contributed by atoms with Crippen LogP contribution in [-0.4, -0.2) is 147 Å². The molecule has 11 heteroatoms. The van der Waals surface area contributed by atoms with Crippen LogP contribution < -0.4 is 0 Å². The van der Waals surface area contributed by atoms with E-state index in [9.17, 15) is 4.79 Å². The van der Waals surface area contributed by atoms with Crippen LogP contribution in [0.15, 0.2) is 0 Å². The monoisotopic (exact) mass is 328 g/mol. The van der Waals surface area contributed by atoms with Crippen LogP contribution in [0.2, 0.25) is 0 Å². The molecule has 19 heavy (non-hydrogen) atoms. The first-order valence-electron chi connectivity index (χ1n) is 4.44. The second kappa shape index (κ2) is 19.4. The molecule has 8 nitrogen and oxygen atoms in total. The van der Waals surface area contributed by atoms with Crippen LogP contribution >= 0.6 is 0 Å². The molecule has 0 heterocycles. The molecule has 0 aromatic carbocycles. The molecule has 0 aromatic heterocycles. The third-order valence-electron chi connectivity index (χ3n) is 1.52. The van der Waals surface area contributed by atoms with Crippen molar-refractivity contribution in [1.29, 1.82) is 0 Å². The van der Waals surface area contributed by atoms with Gasteiger partial charge in [0.25, 0.3) is 0 Å². The molecule has 0 aliphatic heterocycles. The van der Waals surface area contributed by atoms with Crippen LogP contribution in [0.1, 0.15) is 6.92 Å². The van der Waals surface area contributed by atoms with E-state index in [0.29, 0.717) is 0 Å². The van der Waals surface area contributed by atoms with Crippen molar-refractivity contribution in [2.45, 2.75) is 31.3 Å². The minimum atomic E-state index is -1.49. The van der Waals surface area contributed by atoms with Crippen molar-refractivity contribution in [3.63, 3.8) is 0 Å². The van der Waals surface area contributed by atoms with Gasteiger partial charge in [-0.15, -0.1) is 0 Å². The molecule has 0 rings (SSSR count). The van der Waals surface area contributed by atoms with E-state index in [1.807, 2.05) is 0 Å². The summed E-state index contributed by atoms with van der Waals surface area (Å²) in [5, 5.41) is 58.3. The van der Waals surface area contributed by atoms with Gasteiger partial charge in [0.05, 0.1) is 13.2 Å². The Morgan fingerprint density at radius 1 is 1.00 bits per heavy atom. The van der Waals surface area contributed by atoms with Crippen LogP contribution in [0.3, 0.4) is 0 Å². The van der Waals surface area contributed by atoms with Gasteiger partial charge in [-0.2, -0.15) is 0 Å². The number of rotatable bonds is 5.